The Bertz CT molecular complexity index is 198. The maximum absolute atomic E-state index is 10.9. The quantitative estimate of drug-likeness (QED) is 0.636. The van der Waals surface area contributed by atoms with Crippen LogP contribution in [0.25, 0.3) is 0 Å². The van der Waals surface area contributed by atoms with Crippen molar-refractivity contribution in [2.24, 2.45) is 11.8 Å². The van der Waals surface area contributed by atoms with E-state index in [0.717, 1.165) is 12.8 Å². The van der Waals surface area contributed by atoms with Crippen molar-refractivity contribution < 1.29 is 14.7 Å². The van der Waals surface area contributed by atoms with E-state index in [9.17, 15) is 9.59 Å². The molecule has 1 rings (SSSR count). The number of aliphatic carboxylic acids is 1. The van der Waals surface area contributed by atoms with Gasteiger partial charge in [-0.1, -0.05) is 0 Å². The third kappa shape index (κ3) is 2.22. The van der Waals surface area contributed by atoms with E-state index >= 15 is 0 Å². The van der Waals surface area contributed by atoms with Crippen LogP contribution in [0.3, 0.4) is 0 Å². The molecule has 4 heteroatoms. The monoisotopic (exact) mass is 171 g/mol. The van der Waals surface area contributed by atoms with Gasteiger partial charge in [0.25, 0.3) is 0 Å². The van der Waals surface area contributed by atoms with Crippen molar-refractivity contribution in [3.63, 3.8) is 0 Å². The summed E-state index contributed by atoms with van der Waals surface area (Å²) in [5.41, 5.74) is 0. The van der Waals surface area contributed by atoms with Gasteiger partial charge in [0.15, 0.2) is 0 Å². The molecule has 0 aromatic carbocycles. The first-order valence-corrected chi connectivity index (χ1v) is 4.08. The lowest BCUT2D eigenvalue weighted by atomic mass is 10.00. The zero-order valence-electron chi connectivity index (χ0n) is 7.04. The average molecular weight is 171 g/mol. The van der Waals surface area contributed by atoms with Crippen LogP contribution in [0.1, 0.15) is 19.3 Å². The maximum Gasteiger partial charge on any atom is 0.307 e. The molecule has 68 valence electrons. The summed E-state index contributed by atoms with van der Waals surface area (Å²) < 4.78 is 0. The van der Waals surface area contributed by atoms with Crippen molar-refractivity contribution in [1.82, 2.24) is 5.32 Å². The predicted octanol–water partition coefficient (Wildman–Crippen LogP) is 0.233. The zero-order valence-corrected chi connectivity index (χ0v) is 7.04. The Kier molecular flexibility index (Phi) is 2.68. The Morgan fingerprint density at radius 2 is 2.17 bits per heavy atom. The van der Waals surface area contributed by atoms with E-state index in [1.807, 2.05) is 0 Å². The number of nitrogens with one attached hydrogen (secondary N) is 1. The minimum absolute atomic E-state index is 0.122. The van der Waals surface area contributed by atoms with Crippen molar-refractivity contribution in [3.05, 3.63) is 0 Å². The van der Waals surface area contributed by atoms with Crippen LogP contribution in [0.2, 0.25) is 0 Å². The molecule has 2 N–H and O–H groups in total. The van der Waals surface area contributed by atoms with Crippen LogP contribution in [0.15, 0.2) is 0 Å². The molecule has 1 atom stereocenters. The molecular weight excluding hydrogens is 158 g/mol. The Labute approximate surface area is 71.0 Å². The minimum atomic E-state index is -0.846. The lowest BCUT2D eigenvalue weighted by Crippen LogP contribution is -2.26. The van der Waals surface area contributed by atoms with E-state index in [4.69, 9.17) is 5.11 Å². The smallest absolute Gasteiger partial charge is 0.307 e. The fourth-order valence-electron chi connectivity index (χ4n) is 1.26. The van der Waals surface area contributed by atoms with E-state index in [1.54, 1.807) is 0 Å². The number of hydrogen-bond acceptors (Lipinski definition) is 2. The van der Waals surface area contributed by atoms with Gasteiger partial charge in [-0.05, 0) is 18.8 Å². The second-order valence-electron chi connectivity index (χ2n) is 3.16. The summed E-state index contributed by atoms with van der Waals surface area (Å²) in [6.07, 6.45) is 2.03. The number of carboxylic acids is 1. The Morgan fingerprint density at radius 3 is 2.50 bits per heavy atom. The normalized spacial score (nSPS) is 18.4. The number of rotatable bonds is 4. The number of carboxylic acid groups (broad SMARTS) is 1. The summed E-state index contributed by atoms with van der Waals surface area (Å²) in [6, 6.07) is 0. The topological polar surface area (TPSA) is 66.4 Å². The van der Waals surface area contributed by atoms with Crippen molar-refractivity contribution in [2.75, 3.05) is 7.05 Å². The molecule has 12 heavy (non-hydrogen) atoms. The number of carbonyl (C=O) groups is 2. The molecule has 1 aliphatic carbocycles. The van der Waals surface area contributed by atoms with Crippen molar-refractivity contribution in [3.8, 4) is 0 Å². The molecule has 0 aliphatic heterocycles. The molecule has 1 fully saturated rings. The summed E-state index contributed by atoms with van der Waals surface area (Å²) in [4.78, 5) is 21.5. The highest BCUT2D eigenvalue weighted by Crippen LogP contribution is 2.38. The summed E-state index contributed by atoms with van der Waals surface area (Å²) in [6.45, 7) is 0. The molecule has 0 aromatic heterocycles. The Morgan fingerprint density at radius 1 is 1.58 bits per heavy atom. The Hall–Kier alpha value is -1.06. The van der Waals surface area contributed by atoms with Gasteiger partial charge >= 0.3 is 5.97 Å². The van der Waals surface area contributed by atoms with Gasteiger partial charge in [0, 0.05) is 13.5 Å². The molecule has 4 nitrogen and oxygen atoms in total. The minimum Gasteiger partial charge on any atom is -0.481 e. The first kappa shape index (κ1) is 9.03. The highest BCUT2D eigenvalue weighted by Gasteiger charge is 2.37. The van der Waals surface area contributed by atoms with E-state index < -0.39 is 11.9 Å². The van der Waals surface area contributed by atoms with Gasteiger partial charge in [-0.25, -0.2) is 0 Å². The summed E-state index contributed by atoms with van der Waals surface area (Å²) in [7, 11) is 1.52. The molecule has 1 amide bonds. The molecule has 0 radical (unpaired) electrons. The molecule has 1 unspecified atom stereocenters. The van der Waals surface area contributed by atoms with Crippen LogP contribution >= 0.6 is 0 Å². The fourth-order valence-corrected chi connectivity index (χ4v) is 1.26. The van der Waals surface area contributed by atoms with Gasteiger partial charge in [-0.15, -0.1) is 0 Å². The fraction of sp³-hybridized carbons (Fsp3) is 0.750. The van der Waals surface area contributed by atoms with Crippen molar-refractivity contribution in [1.29, 1.82) is 0 Å². The number of amides is 1. The lowest BCUT2D eigenvalue weighted by Gasteiger charge is -2.08. The van der Waals surface area contributed by atoms with Gasteiger partial charge in [-0.2, -0.15) is 0 Å². The first-order valence-electron chi connectivity index (χ1n) is 4.08. The molecule has 0 bridgehead atoms. The molecule has 1 saturated carbocycles. The molecular formula is C8H13NO3. The molecule has 0 spiro atoms. The van der Waals surface area contributed by atoms with Gasteiger partial charge < -0.3 is 10.4 Å². The van der Waals surface area contributed by atoms with Crippen LogP contribution in [-0.4, -0.2) is 24.0 Å². The second kappa shape index (κ2) is 3.56. The maximum atomic E-state index is 10.9. The summed E-state index contributed by atoms with van der Waals surface area (Å²) in [5.74, 6) is -1.26. The SMILES string of the molecule is CNC(=O)CC(C(=O)O)C1CC1. The Balaban J connectivity index is 2.43. The highest BCUT2D eigenvalue weighted by atomic mass is 16.4. The largest absolute Gasteiger partial charge is 0.481 e. The first-order chi connectivity index (χ1) is 5.65. The highest BCUT2D eigenvalue weighted by molar-refractivity contribution is 5.82. The molecule has 0 aromatic rings. The molecule has 0 saturated heterocycles. The third-order valence-electron chi connectivity index (χ3n) is 2.19. The van der Waals surface area contributed by atoms with E-state index in [-0.39, 0.29) is 18.2 Å². The van der Waals surface area contributed by atoms with Crippen LogP contribution in [0.4, 0.5) is 0 Å². The third-order valence-corrected chi connectivity index (χ3v) is 2.19. The predicted molar refractivity (Wildman–Crippen MR) is 42.5 cm³/mol. The zero-order chi connectivity index (χ0) is 9.14. The molecule has 0 heterocycles. The van der Waals surface area contributed by atoms with Crippen LogP contribution < -0.4 is 5.32 Å². The van der Waals surface area contributed by atoms with E-state index in [2.05, 4.69) is 5.32 Å². The number of hydrogen-bond donors (Lipinski definition) is 2. The van der Waals surface area contributed by atoms with Crippen LogP contribution in [0, 0.1) is 11.8 Å². The van der Waals surface area contributed by atoms with E-state index in [1.165, 1.54) is 7.05 Å². The lowest BCUT2D eigenvalue weighted by molar-refractivity contribution is -0.144. The van der Waals surface area contributed by atoms with Gasteiger partial charge in [0.05, 0.1) is 5.92 Å². The average Bonchev–Trinajstić information content (AvgIpc) is 2.81. The van der Waals surface area contributed by atoms with Gasteiger partial charge in [0.2, 0.25) is 5.91 Å². The van der Waals surface area contributed by atoms with Gasteiger partial charge in [-0.3, -0.25) is 9.59 Å². The van der Waals surface area contributed by atoms with E-state index in [0.29, 0.717) is 0 Å². The standard InChI is InChI=1S/C8H13NO3/c1-9-7(10)4-6(8(11)12)5-2-3-5/h5-6H,2-4H2,1H3,(H,9,10)(H,11,12). The number of carbonyl (C=O) groups excluding carboxylic acids is 1. The van der Waals surface area contributed by atoms with Crippen LogP contribution in [-0.2, 0) is 9.59 Å². The second-order valence-corrected chi connectivity index (χ2v) is 3.16. The molecule has 1 aliphatic rings. The summed E-state index contributed by atoms with van der Waals surface area (Å²) >= 11 is 0. The summed E-state index contributed by atoms with van der Waals surface area (Å²) in [5, 5.41) is 11.2. The van der Waals surface area contributed by atoms with Crippen LogP contribution in [0.5, 0.6) is 0 Å². The van der Waals surface area contributed by atoms with Crippen molar-refractivity contribution >= 4 is 11.9 Å². The van der Waals surface area contributed by atoms with Crippen molar-refractivity contribution in [2.45, 2.75) is 19.3 Å². The van der Waals surface area contributed by atoms with Gasteiger partial charge in [0.1, 0.15) is 0 Å².